The lowest BCUT2D eigenvalue weighted by atomic mass is 10.1. The number of hydrogen-bond acceptors (Lipinski definition) is 5. The lowest BCUT2D eigenvalue weighted by Crippen LogP contribution is -2.42. The van der Waals surface area contributed by atoms with Crippen LogP contribution < -0.4 is 11.1 Å². The molecule has 1 aromatic carbocycles. The van der Waals surface area contributed by atoms with Crippen LogP contribution in [0.5, 0.6) is 0 Å². The largest absolute Gasteiger partial charge is 0.481 e. The zero-order valence-electron chi connectivity index (χ0n) is 10.2. The summed E-state index contributed by atoms with van der Waals surface area (Å²) in [6, 6.07) is 2.03. The molecule has 7 nitrogen and oxygen atoms in total. The van der Waals surface area contributed by atoms with E-state index in [0.29, 0.717) is 6.29 Å². The Balaban J connectivity index is 3.00. The molecular formula is C12H13ClN2O5. The third-order valence-electron chi connectivity index (χ3n) is 2.51. The third kappa shape index (κ3) is 4.52. The Morgan fingerprint density at radius 2 is 2.00 bits per heavy atom. The van der Waals surface area contributed by atoms with Crippen LogP contribution in [0, 0.1) is 0 Å². The molecule has 0 radical (unpaired) electrons. The molecule has 1 aromatic rings. The predicted molar refractivity (Wildman–Crippen MR) is 72.1 cm³/mol. The first kappa shape index (κ1) is 15.9. The van der Waals surface area contributed by atoms with Crippen LogP contribution in [0.1, 0.15) is 16.8 Å². The molecule has 2 atom stereocenters. The second-order valence-electron chi connectivity index (χ2n) is 4.10. The molecule has 0 bridgehead atoms. The van der Waals surface area contributed by atoms with Gasteiger partial charge in [0.25, 0.3) is 0 Å². The molecule has 0 saturated heterocycles. The molecule has 0 heterocycles. The number of nitrogens with one attached hydrogen (secondary N) is 1. The highest BCUT2D eigenvalue weighted by Gasteiger charge is 2.21. The quantitative estimate of drug-likeness (QED) is 0.548. The van der Waals surface area contributed by atoms with Gasteiger partial charge < -0.3 is 26.1 Å². The van der Waals surface area contributed by atoms with Gasteiger partial charge in [0.1, 0.15) is 6.29 Å². The number of anilines is 1. The van der Waals surface area contributed by atoms with Crippen LogP contribution in [0.4, 0.5) is 5.69 Å². The summed E-state index contributed by atoms with van der Waals surface area (Å²) in [7, 11) is 0. The van der Waals surface area contributed by atoms with E-state index in [1.54, 1.807) is 0 Å². The van der Waals surface area contributed by atoms with E-state index in [1.807, 2.05) is 0 Å². The highest BCUT2D eigenvalue weighted by Crippen LogP contribution is 2.20. The summed E-state index contributed by atoms with van der Waals surface area (Å²) in [6.45, 7) is 0. The molecule has 0 aliphatic carbocycles. The Hall–Kier alpha value is -2.12. The van der Waals surface area contributed by atoms with Gasteiger partial charge in [0, 0.05) is 10.7 Å². The molecule has 0 amide bonds. The predicted octanol–water partition coefficient (Wildman–Crippen LogP) is 0.820. The highest BCUT2D eigenvalue weighted by atomic mass is 35.5. The fraction of sp³-hybridized carbons (Fsp3) is 0.250. The van der Waals surface area contributed by atoms with Crippen molar-refractivity contribution in [1.82, 2.24) is 0 Å². The van der Waals surface area contributed by atoms with Gasteiger partial charge in [-0.2, -0.15) is 0 Å². The summed E-state index contributed by atoms with van der Waals surface area (Å²) in [6.07, 6.45) is 0.0259. The minimum atomic E-state index is -1.18. The summed E-state index contributed by atoms with van der Waals surface area (Å²) < 4.78 is 0. The van der Waals surface area contributed by atoms with Crippen molar-refractivity contribution in [2.75, 3.05) is 5.32 Å². The number of carbonyl (C=O) groups is 3. The van der Waals surface area contributed by atoms with Gasteiger partial charge in [-0.3, -0.25) is 4.79 Å². The number of carboxylic acids is 2. The van der Waals surface area contributed by atoms with Gasteiger partial charge >= 0.3 is 11.9 Å². The number of aliphatic carboxylic acids is 1. The van der Waals surface area contributed by atoms with Crippen LogP contribution in [-0.4, -0.2) is 40.5 Å². The first-order valence-electron chi connectivity index (χ1n) is 5.56. The monoisotopic (exact) mass is 300 g/mol. The summed E-state index contributed by atoms with van der Waals surface area (Å²) in [4.78, 5) is 32.3. The van der Waals surface area contributed by atoms with Crippen molar-refractivity contribution in [2.24, 2.45) is 5.73 Å². The van der Waals surface area contributed by atoms with E-state index >= 15 is 0 Å². The van der Waals surface area contributed by atoms with Crippen LogP contribution in [-0.2, 0) is 9.59 Å². The molecule has 0 aromatic heterocycles. The van der Waals surface area contributed by atoms with E-state index < -0.39 is 30.4 Å². The summed E-state index contributed by atoms with van der Waals surface area (Å²) in [5.74, 6) is -2.31. The zero-order valence-corrected chi connectivity index (χ0v) is 11.0. The summed E-state index contributed by atoms with van der Waals surface area (Å²) in [5, 5.41) is 20.6. The molecular weight excluding hydrogens is 288 g/mol. The number of aldehydes is 1. The number of carbonyl (C=O) groups excluding carboxylic acids is 1. The number of hydrogen-bond donors (Lipinski definition) is 4. The van der Waals surface area contributed by atoms with Gasteiger partial charge in [0.2, 0.25) is 0 Å². The lowest BCUT2D eigenvalue weighted by Gasteiger charge is -2.21. The van der Waals surface area contributed by atoms with E-state index in [0.717, 1.165) is 0 Å². The smallest absolute Gasteiger partial charge is 0.335 e. The molecule has 20 heavy (non-hydrogen) atoms. The standard InChI is InChI=1S/C12H13ClN2O5/c13-7-1-6(12(19)20)2-8(3-7)15-10(4-11(17)18)9(14)5-16/h1-3,5,9-10,15H,4,14H2,(H,17,18)(H,19,20)/t9-,10?/m1/s1. The molecule has 0 spiro atoms. The van der Waals surface area contributed by atoms with Crippen LogP contribution in [0.3, 0.4) is 0 Å². The van der Waals surface area contributed by atoms with Crippen molar-refractivity contribution in [3.05, 3.63) is 28.8 Å². The SMILES string of the molecule is N[C@H](C=O)C(CC(=O)O)Nc1cc(Cl)cc(C(=O)O)c1. The fourth-order valence-corrected chi connectivity index (χ4v) is 1.81. The van der Waals surface area contributed by atoms with Crippen molar-refractivity contribution in [2.45, 2.75) is 18.5 Å². The van der Waals surface area contributed by atoms with Crippen LogP contribution in [0.15, 0.2) is 18.2 Å². The minimum absolute atomic E-state index is 0.0613. The molecule has 0 aliphatic rings. The minimum Gasteiger partial charge on any atom is -0.481 e. The van der Waals surface area contributed by atoms with Gasteiger partial charge in [0.05, 0.1) is 24.1 Å². The Morgan fingerprint density at radius 3 is 2.50 bits per heavy atom. The third-order valence-corrected chi connectivity index (χ3v) is 2.73. The molecule has 0 saturated carbocycles. The van der Waals surface area contributed by atoms with Crippen LogP contribution in [0.2, 0.25) is 5.02 Å². The topological polar surface area (TPSA) is 130 Å². The number of aromatic carboxylic acids is 1. The lowest BCUT2D eigenvalue weighted by molar-refractivity contribution is -0.137. The van der Waals surface area contributed by atoms with Crippen molar-refractivity contribution in [3.63, 3.8) is 0 Å². The Labute approximate surface area is 119 Å². The van der Waals surface area contributed by atoms with E-state index in [1.165, 1.54) is 18.2 Å². The Bertz CT molecular complexity index is 535. The van der Waals surface area contributed by atoms with Crippen molar-refractivity contribution >= 4 is 35.5 Å². The van der Waals surface area contributed by atoms with Crippen molar-refractivity contribution < 1.29 is 24.6 Å². The molecule has 108 valence electrons. The van der Waals surface area contributed by atoms with Gasteiger partial charge in [-0.25, -0.2) is 4.79 Å². The maximum Gasteiger partial charge on any atom is 0.335 e. The summed E-state index contributed by atoms with van der Waals surface area (Å²) >= 11 is 5.78. The average Bonchev–Trinajstić information content (AvgIpc) is 2.35. The van der Waals surface area contributed by atoms with Gasteiger partial charge in [0.15, 0.2) is 0 Å². The van der Waals surface area contributed by atoms with Gasteiger partial charge in [-0.05, 0) is 18.2 Å². The summed E-state index contributed by atoms with van der Waals surface area (Å²) in [5.41, 5.74) is 5.72. The van der Waals surface area contributed by atoms with E-state index in [4.69, 9.17) is 27.5 Å². The first-order chi connectivity index (χ1) is 9.33. The zero-order chi connectivity index (χ0) is 15.3. The Morgan fingerprint density at radius 1 is 1.35 bits per heavy atom. The van der Waals surface area contributed by atoms with E-state index in [2.05, 4.69) is 5.32 Å². The first-order valence-corrected chi connectivity index (χ1v) is 5.94. The van der Waals surface area contributed by atoms with Crippen LogP contribution in [0.25, 0.3) is 0 Å². The van der Waals surface area contributed by atoms with E-state index in [-0.39, 0.29) is 16.3 Å². The van der Waals surface area contributed by atoms with Gasteiger partial charge in [-0.15, -0.1) is 0 Å². The van der Waals surface area contributed by atoms with E-state index in [9.17, 15) is 14.4 Å². The maximum atomic E-state index is 10.9. The van der Waals surface area contributed by atoms with Gasteiger partial charge in [-0.1, -0.05) is 11.6 Å². The number of halogens is 1. The molecule has 1 rings (SSSR count). The highest BCUT2D eigenvalue weighted by molar-refractivity contribution is 6.31. The normalized spacial score (nSPS) is 13.3. The fourth-order valence-electron chi connectivity index (χ4n) is 1.58. The number of rotatable bonds is 7. The molecule has 0 fully saturated rings. The second-order valence-corrected chi connectivity index (χ2v) is 4.53. The maximum absolute atomic E-state index is 10.9. The molecule has 8 heteroatoms. The Kier molecular flexibility index (Phi) is 5.48. The van der Waals surface area contributed by atoms with Crippen molar-refractivity contribution in [3.8, 4) is 0 Å². The number of carboxylic acid groups (broad SMARTS) is 2. The molecule has 5 N–H and O–H groups in total. The molecule has 0 aliphatic heterocycles. The number of nitrogens with two attached hydrogens (primary N) is 1. The average molecular weight is 301 g/mol. The molecule has 1 unspecified atom stereocenters. The second kappa shape index (κ2) is 6.88. The number of benzene rings is 1. The van der Waals surface area contributed by atoms with Crippen molar-refractivity contribution in [1.29, 1.82) is 0 Å². The van der Waals surface area contributed by atoms with Crippen LogP contribution >= 0.6 is 11.6 Å².